The lowest BCUT2D eigenvalue weighted by Crippen LogP contribution is -2.38. The molecule has 0 atom stereocenters. The summed E-state index contributed by atoms with van der Waals surface area (Å²) in [7, 11) is -2.25. The van der Waals surface area contributed by atoms with Crippen LogP contribution in [0.25, 0.3) is 0 Å². The van der Waals surface area contributed by atoms with Crippen LogP contribution in [-0.4, -0.2) is 66.9 Å². The number of rotatable bonds is 11. The SMILES string of the molecule is CN=CC(Nc1nc(Nc2cc(C)c(C3CCN(C(=O)C4CC4)CC3)cc2OC2CC2)ncc1Cl)=C(N)S(=O)(=O)C(C)C. The highest BCUT2D eigenvalue weighted by Crippen LogP contribution is 2.41. The lowest BCUT2D eigenvalue weighted by atomic mass is 9.86. The number of hydrogen-bond donors (Lipinski definition) is 3. The van der Waals surface area contributed by atoms with Gasteiger partial charge < -0.3 is 26.0 Å². The predicted octanol–water partition coefficient (Wildman–Crippen LogP) is 4.90. The summed E-state index contributed by atoms with van der Waals surface area (Å²) in [6, 6.07) is 4.16. The summed E-state index contributed by atoms with van der Waals surface area (Å²) in [5, 5.41) is 5.29. The third-order valence-corrected chi connectivity index (χ3v) is 10.4. The number of aryl methyl sites for hydroxylation is 1. The number of aliphatic imine (C=N–C) groups is 1. The summed E-state index contributed by atoms with van der Waals surface area (Å²) in [5.74, 6) is 2.04. The number of sulfone groups is 1. The fourth-order valence-electron chi connectivity index (χ4n) is 5.16. The number of carbonyl (C=O) groups excluding carboxylic acids is 1. The number of benzene rings is 1. The first-order valence-electron chi connectivity index (χ1n) is 14.8. The van der Waals surface area contributed by atoms with E-state index < -0.39 is 15.1 Å². The van der Waals surface area contributed by atoms with Crippen LogP contribution in [0.15, 0.2) is 34.0 Å². The number of ether oxygens (including phenoxy) is 1. The maximum atomic E-state index is 12.7. The molecule has 232 valence electrons. The topological polar surface area (TPSA) is 152 Å². The zero-order valence-electron chi connectivity index (χ0n) is 25.1. The maximum Gasteiger partial charge on any atom is 0.229 e. The summed E-state index contributed by atoms with van der Waals surface area (Å²) in [6.45, 7) is 6.76. The molecule has 0 bridgehead atoms. The number of nitrogens with two attached hydrogens (primary N) is 1. The molecule has 4 N–H and O–H groups in total. The Hall–Kier alpha value is -3.38. The van der Waals surface area contributed by atoms with E-state index in [1.807, 2.05) is 11.0 Å². The summed E-state index contributed by atoms with van der Waals surface area (Å²) < 4.78 is 31.8. The van der Waals surface area contributed by atoms with Crippen LogP contribution < -0.4 is 21.1 Å². The molecule has 1 aromatic heterocycles. The van der Waals surface area contributed by atoms with Crippen molar-refractivity contribution in [2.24, 2.45) is 16.6 Å². The van der Waals surface area contributed by atoms with Gasteiger partial charge in [-0.3, -0.25) is 9.79 Å². The second kappa shape index (κ2) is 12.7. The number of aromatic nitrogens is 2. The summed E-state index contributed by atoms with van der Waals surface area (Å²) in [4.78, 5) is 27.4. The quantitative estimate of drug-likeness (QED) is 0.295. The summed E-state index contributed by atoms with van der Waals surface area (Å²) in [6.07, 6.45) is 8.83. The number of likely N-dealkylation sites (tertiary alicyclic amines) is 1. The van der Waals surface area contributed by atoms with Crippen LogP contribution in [-0.2, 0) is 14.6 Å². The number of anilines is 3. The second-order valence-corrected chi connectivity index (χ2v) is 14.7. The number of carbonyl (C=O) groups is 1. The number of hydrogen-bond acceptors (Lipinski definition) is 10. The number of amides is 1. The van der Waals surface area contributed by atoms with Crippen LogP contribution in [0.2, 0.25) is 5.02 Å². The largest absolute Gasteiger partial charge is 0.488 e. The molecule has 11 nitrogen and oxygen atoms in total. The number of nitrogens with one attached hydrogen (secondary N) is 2. The van der Waals surface area contributed by atoms with Crippen LogP contribution in [0, 0.1) is 12.8 Å². The van der Waals surface area contributed by atoms with E-state index in [2.05, 4.69) is 38.6 Å². The average molecular weight is 630 g/mol. The van der Waals surface area contributed by atoms with Gasteiger partial charge in [-0.25, -0.2) is 13.4 Å². The standard InChI is InChI=1S/C30H40ClN7O4S/c1-17(2)43(40,41)27(32)25(16-33-4)35-28-23(31)15-34-30(37-28)36-24-13-18(3)22(14-26(24)42-21-7-8-21)19-9-11-38(12-10-19)29(39)20-5-6-20/h13-17,19-21H,5-12,32H2,1-4H3,(H2,34,35,36,37). The third kappa shape index (κ3) is 7.23. The number of halogens is 1. The van der Waals surface area contributed by atoms with Crippen molar-refractivity contribution in [2.45, 2.75) is 76.6 Å². The molecule has 0 unspecified atom stereocenters. The molecule has 0 spiro atoms. The smallest absolute Gasteiger partial charge is 0.229 e. The van der Waals surface area contributed by atoms with Gasteiger partial charge in [0.2, 0.25) is 11.9 Å². The highest BCUT2D eigenvalue weighted by molar-refractivity contribution is 7.95. The van der Waals surface area contributed by atoms with Crippen LogP contribution in [0.3, 0.4) is 0 Å². The normalized spacial score (nSPS) is 18.6. The molecule has 2 heterocycles. The Morgan fingerprint density at radius 2 is 1.88 bits per heavy atom. The van der Waals surface area contributed by atoms with Crippen molar-refractivity contribution in [2.75, 3.05) is 30.8 Å². The van der Waals surface area contributed by atoms with Gasteiger partial charge in [-0.1, -0.05) is 11.6 Å². The van der Waals surface area contributed by atoms with Gasteiger partial charge >= 0.3 is 0 Å². The molecule has 3 aliphatic rings. The molecule has 0 radical (unpaired) electrons. The van der Waals surface area contributed by atoms with Gasteiger partial charge in [-0.15, -0.1) is 0 Å². The molecule has 1 amide bonds. The van der Waals surface area contributed by atoms with Crippen molar-refractivity contribution in [1.29, 1.82) is 0 Å². The highest BCUT2D eigenvalue weighted by atomic mass is 35.5. The maximum absolute atomic E-state index is 12.7. The van der Waals surface area contributed by atoms with Gasteiger partial charge in [-0.05, 0) is 88.5 Å². The number of nitrogens with zero attached hydrogens (tertiary/aromatic N) is 4. The minimum Gasteiger partial charge on any atom is -0.488 e. The van der Waals surface area contributed by atoms with Crippen LogP contribution in [0.4, 0.5) is 17.5 Å². The van der Waals surface area contributed by atoms with Crippen molar-refractivity contribution < 1.29 is 17.9 Å². The molecule has 3 fully saturated rings. The average Bonchev–Trinajstić information content (AvgIpc) is 3.90. The van der Waals surface area contributed by atoms with E-state index in [-0.39, 0.29) is 39.5 Å². The van der Waals surface area contributed by atoms with E-state index >= 15 is 0 Å². The van der Waals surface area contributed by atoms with Crippen molar-refractivity contribution >= 4 is 51.0 Å². The first kappa shape index (κ1) is 31.1. The van der Waals surface area contributed by atoms with E-state index in [1.165, 1.54) is 25.0 Å². The molecule has 2 aliphatic carbocycles. The van der Waals surface area contributed by atoms with Gasteiger partial charge in [0.05, 0.1) is 28.9 Å². The lowest BCUT2D eigenvalue weighted by molar-refractivity contribution is -0.133. The lowest BCUT2D eigenvalue weighted by Gasteiger charge is -2.33. The van der Waals surface area contributed by atoms with E-state index in [4.69, 9.17) is 22.1 Å². The van der Waals surface area contributed by atoms with Crippen molar-refractivity contribution in [1.82, 2.24) is 14.9 Å². The number of piperidine rings is 1. The summed E-state index contributed by atoms with van der Waals surface area (Å²) in [5.41, 5.74) is 9.17. The number of allylic oxidation sites excluding steroid dienone is 1. The summed E-state index contributed by atoms with van der Waals surface area (Å²) >= 11 is 6.39. The monoisotopic (exact) mass is 629 g/mol. The fraction of sp³-hybridized carbons (Fsp3) is 0.533. The van der Waals surface area contributed by atoms with Gasteiger partial charge in [0.1, 0.15) is 10.8 Å². The third-order valence-electron chi connectivity index (χ3n) is 8.05. The van der Waals surface area contributed by atoms with E-state index in [0.717, 1.165) is 68.6 Å². The van der Waals surface area contributed by atoms with Crippen molar-refractivity contribution in [3.05, 3.63) is 45.2 Å². The Labute approximate surface area is 258 Å². The van der Waals surface area contributed by atoms with Crippen molar-refractivity contribution in [3.63, 3.8) is 0 Å². The Morgan fingerprint density at radius 3 is 2.49 bits per heavy atom. The molecule has 1 aromatic carbocycles. The second-order valence-electron chi connectivity index (χ2n) is 11.8. The minimum atomic E-state index is -3.76. The minimum absolute atomic E-state index is 0.0607. The molecule has 5 rings (SSSR count). The van der Waals surface area contributed by atoms with Gasteiger partial charge in [0.15, 0.2) is 20.7 Å². The molecule has 1 aliphatic heterocycles. The van der Waals surface area contributed by atoms with Gasteiger partial charge in [-0.2, -0.15) is 4.98 Å². The first-order chi connectivity index (χ1) is 20.5. The Balaban J connectivity index is 1.38. The molecule has 1 saturated heterocycles. The Bertz CT molecular complexity index is 1540. The molecule has 2 saturated carbocycles. The molecule has 2 aromatic rings. The van der Waals surface area contributed by atoms with E-state index in [0.29, 0.717) is 11.8 Å². The molecular weight excluding hydrogens is 590 g/mol. The first-order valence-corrected chi connectivity index (χ1v) is 16.7. The van der Waals surface area contributed by atoms with Crippen LogP contribution in [0.5, 0.6) is 5.75 Å². The van der Waals surface area contributed by atoms with Gasteiger partial charge in [0, 0.05) is 32.3 Å². The fourth-order valence-corrected chi connectivity index (χ4v) is 6.22. The zero-order valence-corrected chi connectivity index (χ0v) is 26.6. The van der Waals surface area contributed by atoms with Crippen molar-refractivity contribution in [3.8, 4) is 5.75 Å². The molecule has 43 heavy (non-hydrogen) atoms. The Morgan fingerprint density at radius 1 is 1.19 bits per heavy atom. The zero-order chi connectivity index (χ0) is 30.9. The Kier molecular flexibility index (Phi) is 9.17. The van der Waals surface area contributed by atoms with Crippen LogP contribution >= 0.6 is 11.6 Å². The van der Waals surface area contributed by atoms with Gasteiger partial charge in [0.25, 0.3) is 0 Å². The van der Waals surface area contributed by atoms with E-state index in [1.54, 1.807) is 13.8 Å². The predicted molar refractivity (Wildman–Crippen MR) is 170 cm³/mol. The molecular formula is C30H40ClN7O4S. The highest BCUT2D eigenvalue weighted by Gasteiger charge is 2.35. The van der Waals surface area contributed by atoms with E-state index in [9.17, 15) is 13.2 Å². The molecule has 13 heteroatoms. The van der Waals surface area contributed by atoms with Crippen LogP contribution in [0.1, 0.15) is 69.4 Å².